The van der Waals surface area contributed by atoms with Crippen molar-refractivity contribution in [2.24, 2.45) is 7.05 Å². The highest BCUT2D eigenvalue weighted by molar-refractivity contribution is 7.91. The number of carboxylic acid groups (broad SMARTS) is 1. The van der Waals surface area contributed by atoms with Crippen LogP contribution in [-0.4, -0.2) is 35.0 Å². The number of hydrogen-bond donors (Lipinski definition) is 1. The Morgan fingerprint density at radius 1 is 1.39 bits per heavy atom. The quantitative estimate of drug-likeness (QED) is 0.875. The fraction of sp³-hybridized carbons (Fsp3) is 0.273. The van der Waals surface area contributed by atoms with Crippen LogP contribution >= 0.6 is 0 Å². The number of aliphatic carboxylic acids is 1. The van der Waals surface area contributed by atoms with Crippen molar-refractivity contribution in [3.05, 3.63) is 30.0 Å². The summed E-state index contributed by atoms with van der Waals surface area (Å²) in [7, 11) is -1.97. The van der Waals surface area contributed by atoms with E-state index >= 15 is 0 Å². The van der Waals surface area contributed by atoms with Gasteiger partial charge in [0.25, 0.3) is 0 Å². The van der Waals surface area contributed by atoms with Gasteiger partial charge in [-0.2, -0.15) is 5.10 Å². The molecule has 0 amide bonds. The minimum Gasteiger partial charge on any atom is -0.480 e. The molecule has 1 heterocycles. The maximum atomic E-state index is 11.6. The second kappa shape index (κ2) is 4.41. The summed E-state index contributed by atoms with van der Waals surface area (Å²) in [5.41, 5.74) is 1.20. The minimum absolute atomic E-state index is 0.360. The maximum Gasteiger partial charge on any atom is 0.318 e. The van der Waals surface area contributed by atoms with Gasteiger partial charge in [-0.15, -0.1) is 0 Å². The van der Waals surface area contributed by atoms with E-state index in [-0.39, 0.29) is 5.75 Å². The lowest BCUT2D eigenvalue weighted by molar-refractivity contribution is -0.134. The molecule has 0 saturated carbocycles. The van der Waals surface area contributed by atoms with Crippen LogP contribution in [0.3, 0.4) is 0 Å². The lowest BCUT2D eigenvalue weighted by Crippen LogP contribution is -2.17. The van der Waals surface area contributed by atoms with Crippen LogP contribution in [0.4, 0.5) is 0 Å². The standard InChI is InChI=1S/C11H12N2O4S/c1-13-10-5-3-2-4-8(10)9(12-13)6-18(16,17)7-11(14)15/h2-5H,6-7H2,1H3,(H,14,15). The normalized spacial score (nSPS) is 11.8. The van der Waals surface area contributed by atoms with Gasteiger partial charge in [-0.3, -0.25) is 9.48 Å². The molecule has 0 aliphatic heterocycles. The highest BCUT2D eigenvalue weighted by Gasteiger charge is 2.20. The number of nitrogens with zero attached hydrogens (tertiary/aromatic N) is 2. The molecule has 1 N–H and O–H groups in total. The summed E-state index contributed by atoms with van der Waals surface area (Å²) in [5.74, 6) is -2.59. The molecular formula is C11H12N2O4S. The van der Waals surface area contributed by atoms with Gasteiger partial charge in [-0.05, 0) is 6.07 Å². The Kier molecular flexibility index (Phi) is 3.08. The van der Waals surface area contributed by atoms with E-state index in [1.165, 1.54) is 0 Å². The second-order valence-electron chi connectivity index (χ2n) is 4.01. The van der Waals surface area contributed by atoms with Gasteiger partial charge < -0.3 is 5.11 Å². The third-order valence-electron chi connectivity index (χ3n) is 2.53. The van der Waals surface area contributed by atoms with Gasteiger partial charge in [0.05, 0.1) is 17.0 Å². The molecule has 0 fully saturated rings. The van der Waals surface area contributed by atoms with Gasteiger partial charge in [0.2, 0.25) is 0 Å². The molecule has 0 saturated heterocycles. The van der Waals surface area contributed by atoms with E-state index in [1.54, 1.807) is 23.9 Å². The summed E-state index contributed by atoms with van der Waals surface area (Å²) >= 11 is 0. The van der Waals surface area contributed by atoms with E-state index in [0.717, 1.165) is 10.9 Å². The van der Waals surface area contributed by atoms with Gasteiger partial charge >= 0.3 is 5.97 Å². The van der Waals surface area contributed by atoms with Crippen molar-refractivity contribution in [2.75, 3.05) is 5.75 Å². The van der Waals surface area contributed by atoms with Crippen molar-refractivity contribution < 1.29 is 18.3 Å². The summed E-state index contributed by atoms with van der Waals surface area (Å²) in [4.78, 5) is 10.5. The SMILES string of the molecule is Cn1nc(CS(=O)(=O)CC(=O)O)c2ccccc21. The monoisotopic (exact) mass is 268 g/mol. The Morgan fingerprint density at radius 2 is 2.06 bits per heavy atom. The van der Waals surface area contributed by atoms with Crippen LogP contribution in [0.25, 0.3) is 10.9 Å². The largest absolute Gasteiger partial charge is 0.480 e. The van der Waals surface area contributed by atoms with Gasteiger partial charge in [-0.1, -0.05) is 18.2 Å². The predicted octanol–water partition coefficient (Wildman–Crippen LogP) is 0.573. The molecule has 0 bridgehead atoms. The first-order valence-corrected chi connectivity index (χ1v) is 7.04. The number of aryl methyl sites for hydroxylation is 1. The number of rotatable bonds is 4. The fourth-order valence-electron chi connectivity index (χ4n) is 1.84. The molecule has 0 atom stereocenters. The van der Waals surface area contributed by atoms with Crippen molar-refractivity contribution in [1.82, 2.24) is 9.78 Å². The number of benzene rings is 1. The summed E-state index contributed by atoms with van der Waals surface area (Å²) in [6.07, 6.45) is 0. The van der Waals surface area contributed by atoms with Crippen LogP contribution in [0.2, 0.25) is 0 Å². The maximum absolute atomic E-state index is 11.6. The van der Waals surface area contributed by atoms with Crippen LogP contribution in [0, 0.1) is 0 Å². The van der Waals surface area contributed by atoms with Gasteiger partial charge in [0.15, 0.2) is 9.84 Å². The molecule has 1 aromatic carbocycles. The summed E-state index contributed by atoms with van der Waals surface area (Å²) < 4.78 is 24.9. The zero-order valence-electron chi connectivity index (χ0n) is 9.70. The lowest BCUT2D eigenvalue weighted by atomic mass is 10.2. The van der Waals surface area contributed by atoms with Crippen molar-refractivity contribution in [2.45, 2.75) is 5.75 Å². The molecule has 18 heavy (non-hydrogen) atoms. The third kappa shape index (κ3) is 2.51. The first-order chi connectivity index (χ1) is 8.39. The number of hydrogen-bond acceptors (Lipinski definition) is 4. The average Bonchev–Trinajstić information content (AvgIpc) is 2.54. The molecule has 2 aromatic rings. The zero-order valence-corrected chi connectivity index (χ0v) is 10.5. The van der Waals surface area contributed by atoms with Gasteiger partial charge in [0.1, 0.15) is 5.75 Å². The molecule has 7 heteroatoms. The van der Waals surface area contributed by atoms with E-state index in [9.17, 15) is 13.2 Å². The fourth-order valence-corrected chi connectivity index (χ4v) is 2.95. The van der Waals surface area contributed by atoms with Crippen molar-refractivity contribution in [3.63, 3.8) is 0 Å². The smallest absolute Gasteiger partial charge is 0.318 e. The molecule has 0 aliphatic carbocycles. The molecule has 0 radical (unpaired) electrons. The highest BCUT2D eigenvalue weighted by Crippen LogP contribution is 2.19. The zero-order chi connectivity index (χ0) is 13.3. The number of carbonyl (C=O) groups is 1. The summed E-state index contributed by atoms with van der Waals surface area (Å²) in [5, 5.41) is 13.4. The minimum atomic E-state index is -3.69. The molecule has 0 unspecified atom stereocenters. The molecule has 0 spiro atoms. The van der Waals surface area contributed by atoms with Gasteiger partial charge in [0, 0.05) is 12.4 Å². The van der Waals surface area contributed by atoms with Gasteiger partial charge in [-0.25, -0.2) is 8.42 Å². The molecule has 96 valence electrons. The molecule has 1 aromatic heterocycles. The number of aromatic nitrogens is 2. The number of para-hydroxylation sites is 1. The summed E-state index contributed by atoms with van der Waals surface area (Å²) in [6, 6.07) is 7.22. The van der Waals surface area contributed by atoms with Crippen LogP contribution in [-0.2, 0) is 27.4 Å². The number of carboxylic acids is 1. The van der Waals surface area contributed by atoms with E-state index < -0.39 is 21.6 Å². The topological polar surface area (TPSA) is 89.3 Å². The Bertz CT molecular complexity index is 703. The molecular weight excluding hydrogens is 256 g/mol. The highest BCUT2D eigenvalue weighted by atomic mass is 32.2. The molecule has 6 nitrogen and oxygen atoms in total. The van der Waals surface area contributed by atoms with E-state index in [2.05, 4.69) is 5.10 Å². The first kappa shape index (κ1) is 12.6. The lowest BCUT2D eigenvalue weighted by Gasteiger charge is -1.98. The van der Waals surface area contributed by atoms with Crippen LogP contribution in [0.1, 0.15) is 5.69 Å². The van der Waals surface area contributed by atoms with Crippen LogP contribution in [0.5, 0.6) is 0 Å². The Hall–Kier alpha value is -1.89. The predicted molar refractivity (Wildman–Crippen MR) is 65.8 cm³/mol. The third-order valence-corrected chi connectivity index (χ3v) is 3.93. The van der Waals surface area contributed by atoms with Crippen LogP contribution < -0.4 is 0 Å². The number of fused-ring (bicyclic) bond motifs is 1. The molecule has 2 rings (SSSR count). The van der Waals surface area contributed by atoms with Crippen molar-refractivity contribution in [1.29, 1.82) is 0 Å². The first-order valence-electron chi connectivity index (χ1n) is 5.22. The summed E-state index contributed by atoms with van der Waals surface area (Å²) in [6.45, 7) is 0. The average molecular weight is 268 g/mol. The van der Waals surface area contributed by atoms with Crippen molar-refractivity contribution in [3.8, 4) is 0 Å². The van der Waals surface area contributed by atoms with E-state index in [0.29, 0.717) is 5.69 Å². The number of sulfone groups is 1. The van der Waals surface area contributed by atoms with Crippen molar-refractivity contribution >= 4 is 26.7 Å². The van der Waals surface area contributed by atoms with E-state index in [1.807, 2.05) is 12.1 Å². The molecule has 0 aliphatic rings. The Balaban J connectivity index is 2.41. The Labute approximate surface area is 104 Å². The van der Waals surface area contributed by atoms with E-state index in [4.69, 9.17) is 5.11 Å². The second-order valence-corrected chi connectivity index (χ2v) is 6.08. The van der Waals surface area contributed by atoms with Crippen LogP contribution in [0.15, 0.2) is 24.3 Å². The Morgan fingerprint density at radius 3 is 2.72 bits per heavy atom.